The summed E-state index contributed by atoms with van der Waals surface area (Å²) in [5, 5.41) is 16.5. The summed E-state index contributed by atoms with van der Waals surface area (Å²) in [6.45, 7) is 2.01. The number of ether oxygens (including phenoxy) is 1. The topological polar surface area (TPSA) is 97.6 Å². The number of fused-ring (bicyclic) bond motifs is 1. The fourth-order valence-corrected chi connectivity index (χ4v) is 4.58. The third-order valence-electron chi connectivity index (χ3n) is 4.10. The number of aromatic nitrogens is 3. The van der Waals surface area contributed by atoms with Gasteiger partial charge in [0.1, 0.15) is 0 Å². The molecule has 8 nitrogen and oxygen atoms in total. The van der Waals surface area contributed by atoms with Gasteiger partial charge in [-0.25, -0.2) is 9.59 Å². The Hall–Kier alpha value is -2.85. The second-order valence-corrected chi connectivity index (χ2v) is 7.78. The molecule has 0 spiro atoms. The Balaban J connectivity index is 1.68. The Labute approximate surface area is 169 Å². The van der Waals surface area contributed by atoms with Gasteiger partial charge in [-0.15, -0.1) is 21.5 Å². The number of rotatable bonds is 6. The summed E-state index contributed by atoms with van der Waals surface area (Å²) >= 11 is 2.86. The highest BCUT2D eigenvalue weighted by Crippen LogP contribution is 2.32. The average Bonchev–Trinajstić information content (AvgIpc) is 3.36. The van der Waals surface area contributed by atoms with Crippen molar-refractivity contribution in [1.29, 1.82) is 0 Å². The summed E-state index contributed by atoms with van der Waals surface area (Å²) in [6.07, 6.45) is 1.87. The molecule has 3 aromatic rings. The highest BCUT2D eigenvalue weighted by molar-refractivity contribution is 7.99. The van der Waals surface area contributed by atoms with Gasteiger partial charge in [0.25, 0.3) is 0 Å². The van der Waals surface area contributed by atoms with Gasteiger partial charge < -0.3 is 15.4 Å². The summed E-state index contributed by atoms with van der Waals surface area (Å²) in [5.74, 6) is -0.103. The summed E-state index contributed by atoms with van der Waals surface area (Å²) in [7, 11) is 0. The number of thiophene rings is 1. The Kier molecular flexibility index (Phi) is 5.31. The lowest BCUT2D eigenvalue weighted by Crippen LogP contribution is -2.46. The highest BCUT2D eigenvalue weighted by Gasteiger charge is 2.34. The van der Waals surface area contributed by atoms with Crippen LogP contribution >= 0.6 is 23.1 Å². The van der Waals surface area contributed by atoms with Gasteiger partial charge >= 0.3 is 12.0 Å². The minimum Gasteiger partial charge on any atom is -0.463 e. The predicted octanol–water partition coefficient (Wildman–Crippen LogP) is 2.75. The van der Waals surface area contributed by atoms with Gasteiger partial charge in [0, 0.05) is 22.5 Å². The lowest BCUT2D eigenvalue weighted by Gasteiger charge is -2.28. The van der Waals surface area contributed by atoms with Crippen LogP contribution < -0.4 is 10.6 Å². The number of amides is 2. The second-order valence-electron chi connectivity index (χ2n) is 5.86. The Bertz CT molecular complexity index is 1040. The predicted molar refractivity (Wildman–Crippen MR) is 106 cm³/mol. The first kappa shape index (κ1) is 18.5. The van der Waals surface area contributed by atoms with Crippen LogP contribution in [-0.2, 0) is 9.53 Å². The van der Waals surface area contributed by atoms with E-state index in [1.807, 2.05) is 46.3 Å². The van der Waals surface area contributed by atoms with Crippen molar-refractivity contribution in [3.63, 3.8) is 0 Å². The van der Waals surface area contributed by atoms with E-state index in [2.05, 4.69) is 20.8 Å². The van der Waals surface area contributed by atoms with Crippen LogP contribution in [0.4, 0.5) is 4.79 Å². The third-order valence-corrected chi connectivity index (χ3v) is 6.01. The molecule has 0 fully saturated rings. The maximum atomic E-state index is 12.7. The van der Waals surface area contributed by atoms with Crippen molar-refractivity contribution >= 4 is 40.7 Å². The molecule has 4 heterocycles. The van der Waals surface area contributed by atoms with Crippen molar-refractivity contribution in [2.75, 3.05) is 12.4 Å². The van der Waals surface area contributed by atoms with E-state index in [4.69, 9.17) is 4.74 Å². The van der Waals surface area contributed by atoms with Gasteiger partial charge in [-0.3, -0.25) is 4.40 Å². The molecule has 1 aliphatic rings. The smallest absolute Gasteiger partial charge is 0.338 e. The number of nitrogens with zero attached hydrogens (tertiary/aromatic N) is 3. The number of nitrogens with one attached hydrogen (secondary N) is 2. The van der Waals surface area contributed by atoms with Crippen molar-refractivity contribution < 1.29 is 14.3 Å². The SMILES string of the molecule is CCOC(=O)C1=C(CSc2nnc3ccccn23)NC(=O)N[C@@H]1c1cccs1. The standard InChI is InChI=1S/C18H17N5O3S2/c1-2-26-16(24)14-11(19-17(25)20-15(14)12-6-5-9-27-12)10-28-18-22-21-13-7-3-4-8-23(13)18/h3-9,15H,2,10H2,1H3,(H2,19,20,25)/t15-/m1/s1. The van der Waals surface area contributed by atoms with Crippen LogP contribution in [0.5, 0.6) is 0 Å². The minimum atomic E-state index is -0.543. The molecule has 2 N–H and O–H groups in total. The number of esters is 1. The molecular formula is C18H17N5O3S2. The molecular weight excluding hydrogens is 398 g/mol. The zero-order valence-electron chi connectivity index (χ0n) is 14.9. The molecule has 4 rings (SSSR count). The Morgan fingerprint density at radius 3 is 3.00 bits per heavy atom. The number of carbonyl (C=O) groups is 2. The molecule has 144 valence electrons. The zero-order valence-corrected chi connectivity index (χ0v) is 16.5. The van der Waals surface area contributed by atoms with E-state index in [1.54, 1.807) is 6.92 Å². The van der Waals surface area contributed by atoms with Crippen LogP contribution in [0.15, 0.2) is 58.3 Å². The molecule has 0 saturated heterocycles. The van der Waals surface area contributed by atoms with Crippen LogP contribution in [0.2, 0.25) is 0 Å². The van der Waals surface area contributed by atoms with Gasteiger partial charge in [-0.05, 0) is 30.5 Å². The first-order valence-corrected chi connectivity index (χ1v) is 10.5. The molecule has 0 radical (unpaired) electrons. The number of urea groups is 1. The lowest BCUT2D eigenvalue weighted by atomic mass is 10.0. The van der Waals surface area contributed by atoms with E-state index in [0.717, 1.165) is 10.5 Å². The second kappa shape index (κ2) is 8.03. The van der Waals surface area contributed by atoms with Crippen molar-refractivity contribution in [2.24, 2.45) is 0 Å². The normalized spacial score (nSPS) is 16.8. The van der Waals surface area contributed by atoms with E-state index < -0.39 is 12.0 Å². The van der Waals surface area contributed by atoms with E-state index in [0.29, 0.717) is 22.2 Å². The monoisotopic (exact) mass is 415 g/mol. The number of thioether (sulfide) groups is 1. The molecule has 1 aliphatic heterocycles. The van der Waals surface area contributed by atoms with Crippen molar-refractivity contribution in [3.05, 3.63) is 58.1 Å². The molecule has 0 bridgehead atoms. The van der Waals surface area contributed by atoms with Crippen molar-refractivity contribution in [3.8, 4) is 0 Å². The zero-order chi connectivity index (χ0) is 19.5. The molecule has 0 unspecified atom stereocenters. The van der Waals surface area contributed by atoms with Crippen LogP contribution in [0.3, 0.4) is 0 Å². The highest BCUT2D eigenvalue weighted by atomic mass is 32.2. The van der Waals surface area contributed by atoms with Gasteiger partial charge in [0.15, 0.2) is 10.8 Å². The lowest BCUT2D eigenvalue weighted by molar-refractivity contribution is -0.139. The van der Waals surface area contributed by atoms with Gasteiger partial charge in [-0.1, -0.05) is 23.9 Å². The summed E-state index contributed by atoms with van der Waals surface area (Å²) in [4.78, 5) is 25.8. The molecule has 10 heteroatoms. The van der Waals surface area contributed by atoms with E-state index in [9.17, 15) is 9.59 Å². The quantitative estimate of drug-likeness (QED) is 0.475. The molecule has 2 amide bonds. The molecule has 1 atom stereocenters. The fraction of sp³-hybridized carbons (Fsp3) is 0.222. The van der Waals surface area contributed by atoms with Crippen molar-refractivity contribution in [2.45, 2.75) is 18.1 Å². The van der Waals surface area contributed by atoms with E-state index in [1.165, 1.54) is 23.1 Å². The van der Waals surface area contributed by atoms with Crippen LogP contribution in [0.25, 0.3) is 5.65 Å². The van der Waals surface area contributed by atoms with E-state index >= 15 is 0 Å². The average molecular weight is 416 g/mol. The molecule has 0 aliphatic carbocycles. The Morgan fingerprint density at radius 2 is 2.21 bits per heavy atom. The van der Waals surface area contributed by atoms with Crippen LogP contribution in [0, 0.1) is 0 Å². The van der Waals surface area contributed by atoms with Crippen LogP contribution in [-0.4, -0.2) is 39.0 Å². The van der Waals surface area contributed by atoms with E-state index in [-0.39, 0.29) is 12.6 Å². The molecule has 28 heavy (non-hydrogen) atoms. The number of pyridine rings is 1. The maximum absolute atomic E-state index is 12.7. The van der Waals surface area contributed by atoms with Crippen LogP contribution in [0.1, 0.15) is 17.8 Å². The van der Waals surface area contributed by atoms with Crippen molar-refractivity contribution in [1.82, 2.24) is 25.2 Å². The number of hydrogen-bond acceptors (Lipinski definition) is 7. The Morgan fingerprint density at radius 1 is 1.32 bits per heavy atom. The summed E-state index contributed by atoms with van der Waals surface area (Å²) < 4.78 is 7.11. The minimum absolute atomic E-state index is 0.253. The first-order valence-electron chi connectivity index (χ1n) is 8.61. The first-order chi connectivity index (χ1) is 13.7. The molecule has 3 aromatic heterocycles. The van der Waals surface area contributed by atoms with Gasteiger partial charge in [-0.2, -0.15) is 0 Å². The summed E-state index contributed by atoms with van der Waals surface area (Å²) in [6, 6.07) is 8.51. The number of carbonyl (C=O) groups excluding carboxylic acids is 2. The van der Waals surface area contributed by atoms with Gasteiger partial charge in [0.05, 0.1) is 18.2 Å². The third kappa shape index (κ3) is 3.60. The largest absolute Gasteiger partial charge is 0.463 e. The molecule has 0 saturated carbocycles. The summed E-state index contributed by atoms with van der Waals surface area (Å²) in [5.41, 5.74) is 1.65. The maximum Gasteiger partial charge on any atom is 0.338 e. The fourth-order valence-electron chi connectivity index (χ4n) is 2.91. The molecule has 0 aromatic carbocycles. The van der Waals surface area contributed by atoms with Gasteiger partial charge in [0.2, 0.25) is 0 Å². The number of hydrogen-bond donors (Lipinski definition) is 2.